The highest BCUT2D eigenvalue weighted by Gasteiger charge is 2.16. The van der Waals surface area contributed by atoms with E-state index in [1.165, 1.54) is 35.3 Å². The summed E-state index contributed by atoms with van der Waals surface area (Å²) >= 11 is 7.43. The molecule has 0 radical (unpaired) electrons. The Bertz CT molecular complexity index is 1260. The fourth-order valence-electron chi connectivity index (χ4n) is 4.03. The lowest BCUT2D eigenvalue weighted by Crippen LogP contribution is -2.23. The van der Waals surface area contributed by atoms with Crippen molar-refractivity contribution in [3.05, 3.63) is 80.7 Å². The van der Waals surface area contributed by atoms with Gasteiger partial charge in [-0.1, -0.05) is 29.8 Å². The van der Waals surface area contributed by atoms with Crippen molar-refractivity contribution < 1.29 is 4.74 Å². The monoisotopic (exact) mass is 436 g/mol. The second-order valence-electron chi connectivity index (χ2n) is 7.57. The maximum absolute atomic E-state index is 13.2. The average molecular weight is 437 g/mol. The molecule has 1 aliphatic carbocycles. The van der Waals surface area contributed by atoms with Gasteiger partial charge in [-0.3, -0.25) is 9.36 Å². The van der Waals surface area contributed by atoms with E-state index in [0.29, 0.717) is 23.6 Å². The Morgan fingerprint density at radius 2 is 1.87 bits per heavy atom. The van der Waals surface area contributed by atoms with Gasteiger partial charge in [0, 0.05) is 16.0 Å². The van der Waals surface area contributed by atoms with Crippen molar-refractivity contribution in [3.63, 3.8) is 0 Å². The van der Waals surface area contributed by atoms with Crippen LogP contribution in [0.25, 0.3) is 21.3 Å². The van der Waals surface area contributed by atoms with E-state index in [9.17, 15) is 4.79 Å². The Morgan fingerprint density at radius 1 is 1.07 bits per heavy atom. The molecular weight excluding hydrogens is 416 g/mol. The maximum Gasteiger partial charge on any atom is 0.262 e. The van der Waals surface area contributed by atoms with Crippen molar-refractivity contribution in [2.24, 2.45) is 0 Å². The number of hydrogen-bond acceptors (Lipinski definition) is 4. The number of fused-ring (bicyclic) bond motifs is 2. The first-order chi connectivity index (χ1) is 14.7. The van der Waals surface area contributed by atoms with Crippen LogP contribution in [0.5, 0.6) is 5.75 Å². The van der Waals surface area contributed by atoms with Gasteiger partial charge in [-0.25, -0.2) is 4.98 Å². The number of halogens is 1. The minimum Gasteiger partial charge on any atom is -0.492 e. The van der Waals surface area contributed by atoms with Crippen LogP contribution in [-0.4, -0.2) is 16.2 Å². The molecule has 30 heavy (non-hydrogen) atoms. The van der Waals surface area contributed by atoms with Gasteiger partial charge >= 0.3 is 0 Å². The highest BCUT2D eigenvalue weighted by Crippen LogP contribution is 2.33. The van der Waals surface area contributed by atoms with Gasteiger partial charge in [0.15, 0.2) is 0 Å². The number of ether oxygens (including phenoxy) is 1. The molecule has 0 saturated heterocycles. The number of benzene rings is 2. The zero-order chi connectivity index (χ0) is 20.5. The van der Waals surface area contributed by atoms with E-state index >= 15 is 0 Å². The third-order valence-electron chi connectivity index (χ3n) is 5.63. The fourth-order valence-corrected chi connectivity index (χ4v) is 5.07. The Morgan fingerprint density at radius 3 is 2.70 bits per heavy atom. The Labute approximate surface area is 183 Å². The summed E-state index contributed by atoms with van der Waals surface area (Å²) in [5.41, 5.74) is 4.93. The van der Waals surface area contributed by atoms with Gasteiger partial charge < -0.3 is 4.74 Å². The van der Waals surface area contributed by atoms with Gasteiger partial charge in [-0.05, 0) is 66.6 Å². The van der Waals surface area contributed by atoms with Crippen molar-refractivity contribution in [2.45, 2.75) is 32.2 Å². The van der Waals surface area contributed by atoms with Crippen LogP contribution in [-0.2, 0) is 19.4 Å². The van der Waals surface area contributed by atoms with Gasteiger partial charge in [0.25, 0.3) is 5.56 Å². The van der Waals surface area contributed by atoms with Crippen LogP contribution in [0, 0.1) is 0 Å². The first-order valence-corrected chi connectivity index (χ1v) is 11.4. The molecule has 0 N–H and O–H groups in total. The lowest BCUT2D eigenvalue weighted by atomic mass is 9.89. The number of aryl methyl sites for hydroxylation is 2. The standard InChI is InChI=1S/C24H21ClN2O2S/c25-19-7-9-20(10-8-19)29-12-11-27-15-26-23-22(24(27)28)21(14-30-23)18-6-5-16-3-1-2-4-17(16)13-18/h5-10,13-15H,1-4,11-12H2. The molecule has 0 unspecified atom stereocenters. The van der Waals surface area contributed by atoms with E-state index in [4.69, 9.17) is 16.3 Å². The van der Waals surface area contributed by atoms with Crippen molar-refractivity contribution in [1.82, 2.24) is 9.55 Å². The SMILES string of the molecule is O=c1c2c(-c3ccc4c(c3)CCCC4)csc2ncn1CCOc1ccc(Cl)cc1. The second-order valence-corrected chi connectivity index (χ2v) is 8.86. The summed E-state index contributed by atoms with van der Waals surface area (Å²) in [6.07, 6.45) is 6.39. The summed E-state index contributed by atoms with van der Waals surface area (Å²) in [7, 11) is 0. The molecule has 0 aliphatic heterocycles. The summed E-state index contributed by atoms with van der Waals surface area (Å²) in [6, 6.07) is 13.8. The first-order valence-electron chi connectivity index (χ1n) is 10.2. The van der Waals surface area contributed by atoms with Crippen LogP contribution in [0.2, 0.25) is 5.02 Å². The summed E-state index contributed by atoms with van der Waals surface area (Å²) < 4.78 is 7.38. The van der Waals surface area contributed by atoms with Crippen LogP contribution < -0.4 is 10.3 Å². The zero-order valence-electron chi connectivity index (χ0n) is 16.4. The molecule has 2 aromatic carbocycles. The summed E-state index contributed by atoms with van der Waals surface area (Å²) in [5.74, 6) is 0.728. The van der Waals surface area contributed by atoms with Gasteiger partial charge in [0.1, 0.15) is 17.2 Å². The molecule has 6 heteroatoms. The Hall–Kier alpha value is -2.63. The summed E-state index contributed by atoms with van der Waals surface area (Å²) in [6.45, 7) is 0.816. The number of aromatic nitrogens is 2. The quantitative estimate of drug-likeness (QED) is 0.401. The van der Waals surface area contributed by atoms with Gasteiger partial charge in [-0.2, -0.15) is 0 Å². The van der Waals surface area contributed by atoms with E-state index in [2.05, 4.69) is 28.6 Å². The molecule has 0 amide bonds. The highest BCUT2D eigenvalue weighted by atomic mass is 35.5. The molecule has 0 fully saturated rings. The minimum atomic E-state index is -0.0197. The Balaban J connectivity index is 1.42. The molecule has 2 heterocycles. The van der Waals surface area contributed by atoms with E-state index in [1.807, 2.05) is 12.1 Å². The third kappa shape index (κ3) is 3.75. The third-order valence-corrected chi connectivity index (χ3v) is 6.77. The van der Waals surface area contributed by atoms with E-state index in [-0.39, 0.29) is 5.56 Å². The molecule has 0 saturated carbocycles. The number of nitrogens with zero attached hydrogens (tertiary/aromatic N) is 2. The van der Waals surface area contributed by atoms with Gasteiger partial charge in [0.05, 0.1) is 18.3 Å². The van der Waals surface area contributed by atoms with Gasteiger partial charge in [-0.15, -0.1) is 11.3 Å². The molecule has 1 aliphatic rings. The van der Waals surface area contributed by atoms with E-state index < -0.39 is 0 Å². The van der Waals surface area contributed by atoms with E-state index in [1.54, 1.807) is 23.0 Å². The van der Waals surface area contributed by atoms with Crippen molar-refractivity contribution in [3.8, 4) is 16.9 Å². The molecule has 4 aromatic rings. The van der Waals surface area contributed by atoms with Crippen LogP contribution in [0.4, 0.5) is 0 Å². The molecular formula is C24H21ClN2O2S. The molecule has 5 rings (SSSR count). The molecule has 0 atom stereocenters. The zero-order valence-corrected chi connectivity index (χ0v) is 18.0. The summed E-state index contributed by atoms with van der Waals surface area (Å²) in [5, 5.41) is 3.42. The molecule has 0 bridgehead atoms. The van der Waals surface area contributed by atoms with Crippen LogP contribution >= 0.6 is 22.9 Å². The summed E-state index contributed by atoms with van der Waals surface area (Å²) in [4.78, 5) is 18.5. The fraction of sp³-hybridized carbons (Fsp3) is 0.250. The smallest absolute Gasteiger partial charge is 0.262 e. The number of rotatable bonds is 5. The van der Waals surface area contributed by atoms with Crippen LogP contribution in [0.1, 0.15) is 24.0 Å². The predicted octanol–water partition coefficient (Wildman–Crippen LogP) is 5.74. The van der Waals surface area contributed by atoms with Crippen molar-refractivity contribution >= 4 is 33.2 Å². The molecule has 152 valence electrons. The topological polar surface area (TPSA) is 44.1 Å². The predicted molar refractivity (Wildman–Crippen MR) is 123 cm³/mol. The lowest BCUT2D eigenvalue weighted by molar-refractivity contribution is 0.296. The number of thiophene rings is 1. The lowest BCUT2D eigenvalue weighted by Gasteiger charge is -2.16. The number of hydrogen-bond donors (Lipinski definition) is 0. The Kier molecular flexibility index (Phi) is 5.32. The normalized spacial score (nSPS) is 13.4. The van der Waals surface area contributed by atoms with Crippen molar-refractivity contribution in [2.75, 3.05) is 6.61 Å². The second kappa shape index (κ2) is 8.25. The molecule has 2 aromatic heterocycles. The van der Waals surface area contributed by atoms with Crippen LogP contribution in [0.15, 0.2) is 59.0 Å². The minimum absolute atomic E-state index is 0.0197. The van der Waals surface area contributed by atoms with Gasteiger partial charge in [0.2, 0.25) is 0 Å². The molecule has 4 nitrogen and oxygen atoms in total. The average Bonchev–Trinajstić information content (AvgIpc) is 3.21. The maximum atomic E-state index is 13.2. The highest BCUT2D eigenvalue weighted by molar-refractivity contribution is 7.17. The van der Waals surface area contributed by atoms with E-state index in [0.717, 1.165) is 34.5 Å². The van der Waals surface area contributed by atoms with Crippen molar-refractivity contribution in [1.29, 1.82) is 0 Å². The largest absolute Gasteiger partial charge is 0.492 e. The first kappa shape index (κ1) is 19.3. The molecule has 0 spiro atoms. The van der Waals surface area contributed by atoms with Crippen LogP contribution in [0.3, 0.4) is 0 Å².